The minimum atomic E-state index is -0.579. The number of benzene rings is 1. The Hall–Kier alpha value is -3.17. The fraction of sp³-hybridized carbons (Fsp3) is 0.227. The summed E-state index contributed by atoms with van der Waals surface area (Å²) in [5.41, 5.74) is 3.25. The molecule has 0 aliphatic rings. The Kier molecular flexibility index (Phi) is 6.07. The highest BCUT2D eigenvalue weighted by molar-refractivity contribution is 7.09. The zero-order valence-corrected chi connectivity index (χ0v) is 16.6. The van der Waals surface area contributed by atoms with E-state index in [4.69, 9.17) is 10.00 Å². The van der Waals surface area contributed by atoms with Crippen molar-refractivity contribution in [3.05, 3.63) is 80.8 Å². The lowest BCUT2D eigenvalue weighted by Crippen LogP contribution is -2.15. The second-order valence-corrected chi connectivity index (χ2v) is 7.49. The highest BCUT2D eigenvalue weighted by Gasteiger charge is 2.18. The zero-order valence-electron chi connectivity index (χ0n) is 15.8. The minimum absolute atomic E-state index is 0.225. The molecule has 0 spiro atoms. The molecule has 3 aromatic rings. The van der Waals surface area contributed by atoms with E-state index in [9.17, 15) is 9.59 Å². The van der Waals surface area contributed by atoms with Crippen molar-refractivity contribution in [1.29, 1.82) is 5.26 Å². The third-order valence-electron chi connectivity index (χ3n) is 4.62. The molecule has 0 radical (unpaired) electrons. The average Bonchev–Trinajstić information content (AvgIpc) is 3.32. The minimum Gasteiger partial charge on any atom is -0.454 e. The molecule has 0 saturated carbocycles. The molecule has 0 saturated heterocycles. The summed E-state index contributed by atoms with van der Waals surface area (Å²) in [6.45, 7) is 4.38. The summed E-state index contributed by atoms with van der Waals surface area (Å²) in [5, 5.41) is 10.9. The number of aromatic nitrogens is 1. The van der Waals surface area contributed by atoms with Crippen LogP contribution in [0.15, 0.2) is 47.8 Å². The summed E-state index contributed by atoms with van der Waals surface area (Å²) < 4.78 is 7.28. The molecule has 0 bridgehead atoms. The summed E-state index contributed by atoms with van der Waals surface area (Å²) in [4.78, 5) is 26.0. The first-order valence-corrected chi connectivity index (χ1v) is 9.77. The van der Waals surface area contributed by atoms with Crippen LogP contribution in [0.5, 0.6) is 0 Å². The van der Waals surface area contributed by atoms with Gasteiger partial charge >= 0.3 is 5.97 Å². The van der Waals surface area contributed by atoms with Gasteiger partial charge in [-0.3, -0.25) is 4.79 Å². The number of nitriles is 1. The molecule has 3 rings (SSSR count). The van der Waals surface area contributed by atoms with E-state index in [-0.39, 0.29) is 12.4 Å². The summed E-state index contributed by atoms with van der Waals surface area (Å²) in [6, 6.07) is 14.1. The van der Waals surface area contributed by atoms with Crippen LogP contribution < -0.4 is 0 Å². The Bertz CT molecular complexity index is 1030. The van der Waals surface area contributed by atoms with E-state index >= 15 is 0 Å². The van der Waals surface area contributed by atoms with Crippen LogP contribution in [-0.4, -0.2) is 22.9 Å². The van der Waals surface area contributed by atoms with Crippen LogP contribution in [0.4, 0.5) is 0 Å². The van der Waals surface area contributed by atoms with Gasteiger partial charge < -0.3 is 9.30 Å². The van der Waals surface area contributed by atoms with E-state index in [2.05, 4.69) is 16.0 Å². The first-order valence-electron chi connectivity index (χ1n) is 8.89. The lowest BCUT2D eigenvalue weighted by atomic mass is 10.1. The fourth-order valence-corrected chi connectivity index (χ4v) is 3.78. The second kappa shape index (κ2) is 8.68. The van der Waals surface area contributed by atoms with E-state index in [1.165, 1.54) is 17.0 Å². The molecule has 28 heavy (non-hydrogen) atoms. The normalized spacial score (nSPS) is 10.5. The Labute approximate surface area is 167 Å². The zero-order chi connectivity index (χ0) is 20.1. The number of hydrogen-bond donors (Lipinski definition) is 0. The molecule has 0 aliphatic heterocycles. The summed E-state index contributed by atoms with van der Waals surface area (Å²) in [7, 11) is 0. The smallest absolute Gasteiger partial charge is 0.338 e. The van der Waals surface area contributed by atoms with Gasteiger partial charge in [0.1, 0.15) is 0 Å². The predicted molar refractivity (Wildman–Crippen MR) is 108 cm³/mol. The van der Waals surface area contributed by atoms with E-state index in [1.54, 1.807) is 23.5 Å². The third-order valence-corrected chi connectivity index (χ3v) is 5.56. The van der Waals surface area contributed by atoms with E-state index in [0.717, 1.165) is 24.4 Å². The Balaban J connectivity index is 1.63. The van der Waals surface area contributed by atoms with Crippen LogP contribution in [0, 0.1) is 25.2 Å². The van der Waals surface area contributed by atoms with Crippen LogP contribution in [0.2, 0.25) is 0 Å². The van der Waals surface area contributed by atoms with Crippen molar-refractivity contribution >= 4 is 23.1 Å². The highest BCUT2D eigenvalue weighted by atomic mass is 32.1. The summed E-state index contributed by atoms with van der Waals surface area (Å²) >= 11 is 1.72. The second-order valence-electron chi connectivity index (χ2n) is 6.45. The monoisotopic (exact) mass is 392 g/mol. The maximum absolute atomic E-state index is 12.6. The molecule has 1 aromatic carbocycles. The van der Waals surface area contributed by atoms with Crippen molar-refractivity contribution in [2.24, 2.45) is 0 Å². The lowest BCUT2D eigenvalue weighted by molar-refractivity contribution is 0.0474. The van der Waals surface area contributed by atoms with Crippen LogP contribution >= 0.6 is 11.3 Å². The number of carbonyl (C=O) groups excluding carboxylic acids is 2. The maximum atomic E-state index is 12.6. The molecular formula is C22H20N2O3S. The van der Waals surface area contributed by atoms with Gasteiger partial charge in [-0.2, -0.15) is 5.26 Å². The summed E-state index contributed by atoms with van der Waals surface area (Å²) in [6.07, 6.45) is 0.912. The highest BCUT2D eigenvalue weighted by Crippen LogP contribution is 2.18. The molecule has 0 fully saturated rings. The topological polar surface area (TPSA) is 72.1 Å². The summed E-state index contributed by atoms with van der Waals surface area (Å²) in [5.74, 6) is -0.804. The Morgan fingerprint density at radius 1 is 1.18 bits per heavy atom. The molecule has 0 aliphatic carbocycles. The van der Waals surface area contributed by atoms with Crippen molar-refractivity contribution in [2.75, 3.05) is 6.61 Å². The Morgan fingerprint density at radius 3 is 2.57 bits per heavy atom. The fourth-order valence-electron chi connectivity index (χ4n) is 3.08. The van der Waals surface area contributed by atoms with Crippen molar-refractivity contribution in [3.8, 4) is 6.07 Å². The van der Waals surface area contributed by atoms with Gasteiger partial charge in [-0.15, -0.1) is 11.3 Å². The van der Waals surface area contributed by atoms with Crippen molar-refractivity contribution in [3.63, 3.8) is 0 Å². The quantitative estimate of drug-likeness (QED) is 0.443. The van der Waals surface area contributed by atoms with Crippen molar-refractivity contribution in [1.82, 2.24) is 4.57 Å². The van der Waals surface area contributed by atoms with Gasteiger partial charge in [0, 0.05) is 28.4 Å². The molecule has 2 aromatic heterocycles. The van der Waals surface area contributed by atoms with Gasteiger partial charge in [0.2, 0.25) is 5.78 Å². The van der Waals surface area contributed by atoms with E-state index in [1.807, 2.05) is 32.0 Å². The number of carbonyl (C=O) groups is 2. The van der Waals surface area contributed by atoms with Crippen LogP contribution in [0.25, 0.3) is 0 Å². The number of Topliss-reactive ketones (excluding diaryl/α,β-unsaturated/α-hetero) is 1. The first-order chi connectivity index (χ1) is 13.5. The van der Waals surface area contributed by atoms with E-state index < -0.39 is 5.97 Å². The Morgan fingerprint density at radius 2 is 1.93 bits per heavy atom. The van der Waals surface area contributed by atoms with Gasteiger partial charge in [0.15, 0.2) is 6.61 Å². The van der Waals surface area contributed by atoms with Gasteiger partial charge in [0.25, 0.3) is 0 Å². The maximum Gasteiger partial charge on any atom is 0.338 e. The molecular weight excluding hydrogens is 372 g/mol. The van der Waals surface area contributed by atoms with Crippen molar-refractivity contribution < 1.29 is 14.3 Å². The number of nitrogens with zero attached hydrogens (tertiary/aromatic N) is 2. The number of rotatable bonds is 7. The molecule has 0 amide bonds. The number of aryl methyl sites for hydroxylation is 2. The SMILES string of the molecule is Cc1cc(C(=O)COC(=O)c2ccc(C#N)cc2)c(C)n1CCc1cccs1. The van der Waals surface area contributed by atoms with Gasteiger partial charge in [-0.05, 0) is 62.0 Å². The number of thiophene rings is 1. The number of hydrogen-bond acceptors (Lipinski definition) is 5. The van der Waals surface area contributed by atoms with Crippen LogP contribution in [0.1, 0.15) is 42.5 Å². The largest absolute Gasteiger partial charge is 0.454 e. The lowest BCUT2D eigenvalue weighted by Gasteiger charge is -2.09. The first kappa shape index (κ1) is 19.6. The third kappa shape index (κ3) is 4.38. The van der Waals surface area contributed by atoms with E-state index in [0.29, 0.717) is 16.7 Å². The molecule has 6 heteroatoms. The number of esters is 1. The van der Waals surface area contributed by atoms with Crippen LogP contribution in [0.3, 0.4) is 0 Å². The van der Waals surface area contributed by atoms with Gasteiger partial charge in [0.05, 0.1) is 17.2 Å². The van der Waals surface area contributed by atoms with Crippen molar-refractivity contribution in [2.45, 2.75) is 26.8 Å². The van der Waals surface area contributed by atoms with Gasteiger partial charge in [-0.25, -0.2) is 4.79 Å². The molecule has 2 heterocycles. The van der Waals surface area contributed by atoms with Gasteiger partial charge in [-0.1, -0.05) is 6.07 Å². The predicted octanol–water partition coefficient (Wildman–Crippen LogP) is 4.32. The standard InChI is InChI=1S/C22H20N2O3S/c1-15-12-20(16(2)24(15)10-9-19-4-3-11-28-19)21(25)14-27-22(26)18-7-5-17(13-23)6-8-18/h3-8,11-12H,9-10,14H2,1-2H3. The molecule has 142 valence electrons. The molecule has 0 atom stereocenters. The molecule has 0 N–H and O–H groups in total. The number of ketones is 1. The molecule has 5 nitrogen and oxygen atoms in total. The van der Waals surface area contributed by atoms with Crippen LogP contribution in [-0.2, 0) is 17.7 Å². The number of ether oxygens (including phenoxy) is 1. The average molecular weight is 392 g/mol. The molecule has 0 unspecified atom stereocenters.